The molecule has 0 aliphatic heterocycles. The number of hydrogen-bond acceptors (Lipinski definition) is 5. The van der Waals surface area contributed by atoms with Gasteiger partial charge in [0.25, 0.3) is 0 Å². The molecule has 0 bridgehead atoms. The van der Waals surface area contributed by atoms with E-state index in [9.17, 15) is 9.59 Å². The van der Waals surface area contributed by atoms with E-state index in [0.717, 1.165) is 33.1 Å². The van der Waals surface area contributed by atoms with Gasteiger partial charge < -0.3 is 15.0 Å². The zero-order valence-electron chi connectivity index (χ0n) is 18.1. The second-order valence-corrected chi connectivity index (χ2v) is 7.14. The molecule has 0 aliphatic rings. The van der Waals surface area contributed by atoms with Crippen molar-refractivity contribution in [1.82, 2.24) is 15.3 Å². The third kappa shape index (κ3) is 7.00. The normalized spacial score (nSPS) is 11.6. The van der Waals surface area contributed by atoms with Crippen molar-refractivity contribution in [1.29, 1.82) is 0 Å². The van der Waals surface area contributed by atoms with E-state index < -0.39 is 5.97 Å². The molecule has 160 valence electrons. The van der Waals surface area contributed by atoms with Gasteiger partial charge in [-0.15, -0.1) is 11.3 Å². The largest absolute Gasteiger partial charge is 0.465 e. The Morgan fingerprint density at radius 2 is 2.10 bits per heavy atom. The van der Waals surface area contributed by atoms with Crippen LogP contribution in [0, 0.1) is 6.92 Å². The highest BCUT2D eigenvalue weighted by Crippen LogP contribution is 2.31. The van der Waals surface area contributed by atoms with E-state index in [1.165, 1.54) is 31.1 Å². The van der Waals surface area contributed by atoms with Crippen molar-refractivity contribution in [2.45, 2.75) is 34.1 Å². The Bertz CT molecular complexity index is 949. The fourth-order valence-corrected chi connectivity index (χ4v) is 3.20. The molecule has 0 spiro atoms. The maximum absolute atomic E-state index is 11.8. The zero-order chi connectivity index (χ0) is 22.5. The summed E-state index contributed by atoms with van der Waals surface area (Å²) in [6, 6.07) is 0. The van der Waals surface area contributed by atoms with Crippen molar-refractivity contribution in [2.75, 3.05) is 7.11 Å². The summed E-state index contributed by atoms with van der Waals surface area (Å²) in [6.07, 6.45) is 12.2. The zero-order valence-corrected chi connectivity index (χ0v) is 18.9. The Hall–Kier alpha value is -3.19. The van der Waals surface area contributed by atoms with E-state index in [1.54, 1.807) is 12.2 Å². The van der Waals surface area contributed by atoms with E-state index in [4.69, 9.17) is 4.74 Å². The Balaban J connectivity index is 0.00000141. The van der Waals surface area contributed by atoms with Gasteiger partial charge in [0.2, 0.25) is 6.41 Å². The van der Waals surface area contributed by atoms with E-state index in [-0.39, 0.29) is 5.57 Å². The second kappa shape index (κ2) is 13.1. The lowest BCUT2D eigenvalue weighted by atomic mass is 10.1. The molecule has 0 saturated heterocycles. The van der Waals surface area contributed by atoms with Gasteiger partial charge in [0.1, 0.15) is 5.01 Å². The molecule has 1 amide bonds. The van der Waals surface area contributed by atoms with Crippen LogP contribution in [0.15, 0.2) is 48.2 Å². The highest BCUT2D eigenvalue weighted by atomic mass is 32.1. The first-order chi connectivity index (χ1) is 14.4. The van der Waals surface area contributed by atoms with Gasteiger partial charge in [-0.2, -0.15) is 0 Å². The molecular formula is C23H29N3O3S. The van der Waals surface area contributed by atoms with Gasteiger partial charge in [0, 0.05) is 34.6 Å². The Morgan fingerprint density at radius 3 is 2.70 bits per heavy atom. The van der Waals surface area contributed by atoms with Crippen molar-refractivity contribution in [3.05, 3.63) is 64.4 Å². The molecule has 0 fully saturated rings. The van der Waals surface area contributed by atoms with Crippen LogP contribution in [0.3, 0.4) is 0 Å². The minimum atomic E-state index is -0.543. The van der Waals surface area contributed by atoms with Crippen molar-refractivity contribution in [3.8, 4) is 11.3 Å². The van der Waals surface area contributed by atoms with E-state index >= 15 is 0 Å². The number of H-pyrrole nitrogens is 1. The number of rotatable bonds is 8. The van der Waals surface area contributed by atoms with Gasteiger partial charge >= 0.3 is 5.97 Å². The molecule has 2 aromatic heterocycles. The minimum absolute atomic E-state index is 0.228. The summed E-state index contributed by atoms with van der Waals surface area (Å²) in [5.74, 6) is -0.543. The first-order valence-electron chi connectivity index (χ1n) is 9.53. The van der Waals surface area contributed by atoms with Gasteiger partial charge in [-0.1, -0.05) is 45.1 Å². The number of carbonyl (C=O) groups excluding carboxylic acids is 2. The van der Waals surface area contributed by atoms with Crippen LogP contribution in [0.4, 0.5) is 0 Å². The van der Waals surface area contributed by atoms with Gasteiger partial charge in [0.05, 0.1) is 18.4 Å². The van der Waals surface area contributed by atoms with Gasteiger partial charge in [0.15, 0.2) is 0 Å². The highest BCUT2D eigenvalue weighted by Gasteiger charge is 2.13. The van der Waals surface area contributed by atoms with Crippen molar-refractivity contribution in [3.63, 3.8) is 0 Å². The SMILES string of the molecule is C=C/C=C\c1c(-c2csc(/C(C)=C/C(=C\NC=O)C(=O)OC)n2)c[nH]c1C.CCC. The number of methoxy groups -OCH3 is 1. The molecule has 2 N–H and O–H groups in total. The summed E-state index contributed by atoms with van der Waals surface area (Å²) >= 11 is 1.47. The van der Waals surface area contributed by atoms with Crippen LogP contribution in [0.2, 0.25) is 0 Å². The number of nitrogens with zero attached hydrogens (tertiary/aromatic N) is 1. The molecule has 0 aromatic carbocycles. The Morgan fingerprint density at radius 1 is 1.40 bits per heavy atom. The van der Waals surface area contributed by atoms with Crippen LogP contribution in [0.5, 0.6) is 0 Å². The van der Waals surface area contributed by atoms with Crippen molar-refractivity contribution >= 4 is 35.4 Å². The predicted molar refractivity (Wildman–Crippen MR) is 125 cm³/mol. The fourth-order valence-electron chi connectivity index (χ4n) is 2.40. The molecule has 0 saturated carbocycles. The number of hydrogen-bond donors (Lipinski definition) is 2. The average Bonchev–Trinajstić information content (AvgIpc) is 3.36. The number of aryl methyl sites for hydroxylation is 1. The molecule has 30 heavy (non-hydrogen) atoms. The molecule has 7 heteroatoms. The number of nitrogens with one attached hydrogen (secondary N) is 2. The van der Waals surface area contributed by atoms with Crippen LogP contribution in [-0.2, 0) is 14.3 Å². The van der Waals surface area contributed by atoms with E-state index in [2.05, 4.69) is 35.7 Å². The van der Waals surface area contributed by atoms with Crippen LogP contribution < -0.4 is 5.32 Å². The fraction of sp³-hybridized carbons (Fsp3) is 0.261. The van der Waals surface area contributed by atoms with Crippen LogP contribution in [-0.4, -0.2) is 29.5 Å². The topological polar surface area (TPSA) is 84.1 Å². The minimum Gasteiger partial charge on any atom is -0.465 e. The number of carbonyl (C=O) groups is 2. The quantitative estimate of drug-likeness (QED) is 0.260. The van der Waals surface area contributed by atoms with Crippen LogP contribution in [0.1, 0.15) is 43.5 Å². The van der Waals surface area contributed by atoms with Crippen LogP contribution in [0.25, 0.3) is 22.9 Å². The maximum atomic E-state index is 11.8. The monoisotopic (exact) mass is 427 g/mol. The van der Waals surface area contributed by atoms with Gasteiger partial charge in [-0.3, -0.25) is 4.79 Å². The molecule has 2 rings (SSSR count). The number of amides is 1. The lowest BCUT2D eigenvalue weighted by Crippen LogP contribution is -2.09. The average molecular weight is 428 g/mol. The number of aromatic nitrogens is 2. The summed E-state index contributed by atoms with van der Waals surface area (Å²) in [7, 11) is 1.29. The lowest BCUT2D eigenvalue weighted by molar-refractivity contribution is -0.135. The standard InChI is InChI=1S/C20H21N3O3S.C3H8/c1-5-6-7-16-14(3)22-10-17(16)18-11-27-19(23-18)13(2)8-15(9-21-12-24)20(25)26-4;1-3-2/h5-12,22H,1H2,2-4H3,(H,21,24);3H2,1-2H3/b7-6-,13-8+,15-9+;. The molecule has 0 unspecified atom stereocenters. The number of esters is 1. The number of thiazole rings is 1. The smallest absolute Gasteiger partial charge is 0.339 e. The third-order valence-corrected chi connectivity index (χ3v) is 4.72. The summed E-state index contributed by atoms with van der Waals surface area (Å²) in [6.45, 7) is 11.8. The molecule has 0 atom stereocenters. The first kappa shape index (κ1) is 24.8. The third-order valence-electron chi connectivity index (χ3n) is 3.74. The summed E-state index contributed by atoms with van der Waals surface area (Å²) in [5.41, 5.74) is 4.94. The summed E-state index contributed by atoms with van der Waals surface area (Å²) in [5, 5.41) is 5.09. The summed E-state index contributed by atoms with van der Waals surface area (Å²) in [4.78, 5) is 30.2. The van der Waals surface area contributed by atoms with Gasteiger partial charge in [-0.05, 0) is 25.5 Å². The number of allylic oxidation sites excluding steroid dienone is 3. The first-order valence-corrected chi connectivity index (χ1v) is 10.4. The molecule has 0 aliphatic carbocycles. The Labute approximate surface area is 182 Å². The lowest BCUT2D eigenvalue weighted by Gasteiger charge is -2.02. The molecule has 2 aromatic rings. The van der Waals surface area contributed by atoms with Gasteiger partial charge in [-0.25, -0.2) is 9.78 Å². The number of ether oxygens (including phenoxy) is 1. The highest BCUT2D eigenvalue weighted by molar-refractivity contribution is 7.11. The molecular weight excluding hydrogens is 398 g/mol. The maximum Gasteiger partial charge on any atom is 0.339 e. The van der Waals surface area contributed by atoms with Crippen molar-refractivity contribution < 1.29 is 14.3 Å². The predicted octanol–water partition coefficient (Wildman–Crippen LogP) is 5.27. The summed E-state index contributed by atoms with van der Waals surface area (Å²) < 4.78 is 4.73. The molecule has 6 nitrogen and oxygen atoms in total. The van der Waals surface area contributed by atoms with Crippen LogP contribution >= 0.6 is 11.3 Å². The second-order valence-electron chi connectivity index (χ2n) is 6.28. The Kier molecular flexibility index (Phi) is 10.9. The number of aromatic amines is 1. The van der Waals surface area contributed by atoms with E-state index in [0.29, 0.717) is 6.41 Å². The van der Waals surface area contributed by atoms with Crippen molar-refractivity contribution in [2.24, 2.45) is 0 Å². The van der Waals surface area contributed by atoms with E-state index in [1.807, 2.05) is 37.6 Å². The molecule has 2 heterocycles. The molecule has 0 radical (unpaired) electrons.